The minimum Gasteiger partial charge on any atom is -0.489 e. The van der Waals surface area contributed by atoms with Crippen LogP contribution >= 0.6 is 22.6 Å². The molecule has 0 fully saturated rings. The molecule has 0 amide bonds. The Bertz CT molecular complexity index is 1140. The van der Waals surface area contributed by atoms with Gasteiger partial charge in [0.15, 0.2) is 5.70 Å². The highest BCUT2D eigenvalue weighted by molar-refractivity contribution is 14.1. The van der Waals surface area contributed by atoms with Gasteiger partial charge in [-0.1, -0.05) is 36.4 Å². The van der Waals surface area contributed by atoms with Crippen LogP contribution in [-0.2, 0) is 16.1 Å². The molecule has 0 aromatic heterocycles. The second-order valence-corrected chi connectivity index (χ2v) is 7.55. The highest BCUT2D eigenvalue weighted by Crippen LogP contribution is 2.23. The zero-order valence-corrected chi connectivity index (χ0v) is 17.3. The van der Waals surface area contributed by atoms with E-state index in [0.717, 1.165) is 14.7 Å². The summed E-state index contributed by atoms with van der Waals surface area (Å²) in [5, 5.41) is 0. The Kier molecular flexibility index (Phi) is 5.71. The largest absolute Gasteiger partial charge is 0.489 e. The molecule has 0 saturated heterocycles. The molecule has 29 heavy (non-hydrogen) atoms. The number of benzene rings is 3. The highest BCUT2D eigenvalue weighted by Gasteiger charge is 2.25. The molecule has 0 saturated carbocycles. The van der Waals surface area contributed by atoms with Crippen LogP contribution in [0.25, 0.3) is 6.08 Å². The van der Waals surface area contributed by atoms with Gasteiger partial charge in [0.05, 0.1) is 5.56 Å². The first-order valence-corrected chi connectivity index (χ1v) is 9.91. The number of ether oxygens (including phenoxy) is 2. The van der Waals surface area contributed by atoms with E-state index >= 15 is 0 Å². The third-order valence-corrected chi connectivity index (χ3v) is 4.85. The summed E-state index contributed by atoms with van der Waals surface area (Å²) < 4.78 is 26.0. The predicted molar refractivity (Wildman–Crippen MR) is 117 cm³/mol. The van der Waals surface area contributed by atoms with Crippen molar-refractivity contribution in [1.29, 1.82) is 0 Å². The standard InChI is InChI=1S/C23H15FINO3/c24-20-10-2-1-9-19(20)22-26-21(23(27)29-22)13-15-5-4-8-18(12-15)28-14-16-6-3-7-17(25)11-16/h1-13H,14H2/b21-13-. The minimum atomic E-state index is -0.617. The normalized spacial score (nSPS) is 14.6. The quantitative estimate of drug-likeness (QED) is 0.270. The van der Waals surface area contributed by atoms with Gasteiger partial charge in [0.25, 0.3) is 0 Å². The van der Waals surface area contributed by atoms with Gasteiger partial charge >= 0.3 is 5.97 Å². The number of carbonyl (C=O) groups excluding carboxylic acids is 1. The molecule has 0 radical (unpaired) electrons. The van der Waals surface area contributed by atoms with Gasteiger partial charge in [-0.15, -0.1) is 0 Å². The fraction of sp³-hybridized carbons (Fsp3) is 0.0435. The van der Waals surface area contributed by atoms with Crippen molar-refractivity contribution in [2.24, 2.45) is 4.99 Å². The molecule has 0 N–H and O–H groups in total. The average molecular weight is 499 g/mol. The van der Waals surface area contributed by atoms with Gasteiger partial charge in [-0.3, -0.25) is 0 Å². The molecule has 3 aromatic carbocycles. The smallest absolute Gasteiger partial charge is 0.363 e. The van der Waals surface area contributed by atoms with Crippen molar-refractivity contribution in [3.63, 3.8) is 0 Å². The third-order valence-electron chi connectivity index (χ3n) is 4.18. The fourth-order valence-corrected chi connectivity index (χ4v) is 3.41. The predicted octanol–water partition coefficient (Wildman–Crippen LogP) is 5.35. The van der Waals surface area contributed by atoms with Crippen molar-refractivity contribution in [3.05, 3.63) is 105 Å². The summed E-state index contributed by atoms with van der Waals surface area (Å²) in [5.74, 6) is -0.479. The van der Waals surface area contributed by atoms with E-state index in [1.807, 2.05) is 42.5 Å². The van der Waals surface area contributed by atoms with Crippen LogP contribution in [0.15, 0.2) is 83.5 Å². The molecule has 1 heterocycles. The van der Waals surface area contributed by atoms with Crippen LogP contribution in [0, 0.1) is 9.39 Å². The molecule has 0 unspecified atom stereocenters. The molecular weight excluding hydrogens is 484 g/mol. The fourth-order valence-electron chi connectivity index (χ4n) is 2.80. The highest BCUT2D eigenvalue weighted by atomic mass is 127. The van der Waals surface area contributed by atoms with E-state index in [4.69, 9.17) is 9.47 Å². The molecule has 3 aromatic rings. The monoisotopic (exact) mass is 499 g/mol. The molecule has 1 aliphatic rings. The summed E-state index contributed by atoms with van der Waals surface area (Å²) >= 11 is 2.26. The maximum atomic E-state index is 13.9. The Balaban J connectivity index is 1.53. The van der Waals surface area contributed by atoms with Crippen molar-refractivity contribution in [2.45, 2.75) is 6.61 Å². The van der Waals surface area contributed by atoms with E-state index in [-0.39, 0.29) is 17.2 Å². The number of cyclic esters (lactones) is 1. The summed E-state index contributed by atoms with van der Waals surface area (Å²) in [4.78, 5) is 16.3. The van der Waals surface area contributed by atoms with Gasteiger partial charge in [-0.05, 0) is 76.2 Å². The van der Waals surface area contributed by atoms with Gasteiger partial charge in [-0.25, -0.2) is 14.2 Å². The second kappa shape index (κ2) is 8.57. The number of nitrogens with zero attached hydrogens (tertiary/aromatic N) is 1. The second-order valence-electron chi connectivity index (χ2n) is 6.31. The number of aliphatic imine (C=N–C) groups is 1. The van der Waals surface area contributed by atoms with Crippen LogP contribution in [0.4, 0.5) is 4.39 Å². The molecule has 0 atom stereocenters. The van der Waals surface area contributed by atoms with E-state index < -0.39 is 11.8 Å². The zero-order valence-electron chi connectivity index (χ0n) is 15.1. The van der Waals surface area contributed by atoms with Crippen LogP contribution < -0.4 is 4.74 Å². The molecule has 4 rings (SSSR count). The lowest BCUT2D eigenvalue weighted by molar-refractivity contribution is -0.129. The summed E-state index contributed by atoms with van der Waals surface area (Å²) in [5.41, 5.74) is 2.06. The summed E-state index contributed by atoms with van der Waals surface area (Å²) in [7, 11) is 0. The van der Waals surface area contributed by atoms with Gasteiger partial charge in [-0.2, -0.15) is 0 Å². The van der Waals surface area contributed by atoms with Gasteiger partial charge in [0, 0.05) is 3.57 Å². The van der Waals surface area contributed by atoms with E-state index in [2.05, 4.69) is 33.6 Å². The summed E-state index contributed by atoms with van der Waals surface area (Å²) in [6.07, 6.45) is 1.59. The molecule has 4 nitrogen and oxygen atoms in total. The number of esters is 1. The van der Waals surface area contributed by atoms with Crippen molar-refractivity contribution >= 4 is 40.5 Å². The average Bonchev–Trinajstić information content (AvgIpc) is 3.07. The van der Waals surface area contributed by atoms with Crippen molar-refractivity contribution in [1.82, 2.24) is 0 Å². The number of rotatable bonds is 5. The minimum absolute atomic E-state index is 0.0366. The lowest BCUT2D eigenvalue weighted by Gasteiger charge is -2.07. The number of hydrogen-bond acceptors (Lipinski definition) is 4. The first-order chi connectivity index (χ1) is 14.1. The van der Waals surface area contributed by atoms with E-state index in [9.17, 15) is 9.18 Å². The molecule has 1 aliphatic heterocycles. The van der Waals surface area contributed by atoms with Crippen LogP contribution in [0.2, 0.25) is 0 Å². The zero-order chi connectivity index (χ0) is 20.2. The Morgan fingerprint density at radius 1 is 1.03 bits per heavy atom. The lowest BCUT2D eigenvalue weighted by Crippen LogP contribution is -2.07. The molecular formula is C23H15FINO3. The van der Waals surface area contributed by atoms with Gasteiger partial charge in [0.2, 0.25) is 5.90 Å². The third kappa shape index (κ3) is 4.71. The first kappa shape index (κ1) is 19.3. The summed E-state index contributed by atoms with van der Waals surface area (Å²) in [6.45, 7) is 0.439. The molecule has 6 heteroatoms. The number of hydrogen-bond donors (Lipinski definition) is 0. The maximum absolute atomic E-state index is 13.9. The van der Waals surface area contributed by atoms with Crippen molar-refractivity contribution in [2.75, 3.05) is 0 Å². The Labute approximate surface area is 180 Å². The molecule has 0 bridgehead atoms. The van der Waals surface area contributed by atoms with Crippen molar-refractivity contribution in [3.8, 4) is 5.75 Å². The molecule has 0 spiro atoms. The van der Waals surface area contributed by atoms with Crippen molar-refractivity contribution < 1.29 is 18.7 Å². The lowest BCUT2D eigenvalue weighted by atomic mass is 10.2. The van der Waals surface area contributed by atoms with E-state index in [1.165, 1.54) is 12.1 Å². The van der Waals surface area contributed by atoms with Crippen LogP contribution in [0.5, 0.6) is 5.75 Å². The van der Waals surface area contributed by atoms with Gasteiger partial charge in [0.1, 0.15) is 18.2 Å². The maximum Gasteiger partial charge on any atom is 0.363 e. The van der Waals surface area contributed by atoms with E-state index in [1.54, 1.807) is 18.2 Å². The van der Waals surface area contributed by atoms with Gasteiger partial charge < -0.3 is 9.47 Å². The number of halogens is 2. The Hall–Kier alpha value is -3.00. The Morgan fingerprint density at radius 3 is 2.69 bits per heavy atom. The van der Waals surface area contributed by atoms with Crippen LogP contribution in [-0.4, -0.2) is 11.9 Å². The molecule has 144 valence electrons. The topological polar surface area (TPSA) is 47.9 Å². The Morgan fingerprint density at radius 2 is 1.86 bits per heavy atom. The summed E-state index contributed by atoms with van der Waals surface area (Å²) in [6, 6.07) is 21.4. The van der Waals surface area contributed by atoms with Crippen LogP contribution in [0.3, 0.4) is 0 Å². The molecule has 0 aliphatic carbocycles. The first-order valence-electron chi connectivity index (χ1n) is 8.83. The van der Waals surface area contributed by atoms with Crippen LogP contribution in [0.1, 0.15) is 16.7 Å². The SMILES string of the molecule is O=C1OC(c2ccccc2F)=N/C1=C\c1cccc(OCc2cccc(I)c2)c1. The number of carbonyl (C=O) groups is 1. The van der Waals surface area contributed by atoms with E-state index in [0.29, 0.717) is 12.4 Å².